The van der Waals surface area contributed by atoms with Crippen molar-refractivity contribution in [3.63, 3.8) is 0 Å². The predicted molar refractivity (Wildman–Crippen MR) is 113 cm³/mol. The van der Waals surface area contributed by atoms with E-state index in [1.54, 1.807) is 13.3 Å². The van der Waals surface area contributed by atoms with Crippen LogP contribution >= 0.6 is 11.3 Å². The fourth-order valence-corrected chi connectivity index (χ4v) is 3.66. The highest BCUT2D eigenvalue weighted by atomic mass is 32.1. The Kier molecular flexibility index (Phi) is 4.79. The van der Waals surface area contributed by atoms with Crippen molar-refractivity contribution in [1.82, 2.24) is 20.2 Å². The van der Waals surface area contributed by atoms with Crippen molar-refractivity contribution in [2.24, 2.45) is 0 Å². The van der Waals surface area contributed by atoms with Crippen molar-refractivity contribution < 1.29 is 4.74 Å². The second-order valence-electron chi connectivity index (χ2n) is 6.60. The highest BCUT2D eigenvalue weighted by Gasteiger charge is 2.15. The number of rotatable bonds is 5. The molecule has 28 heavy (non-hydrogen) atoms. The largest absolute Gasteiger partial charge is 0.497 e. The predicted octanol–water partition coefficient (Wildman–Crippen LogP) is 4.61. The first-order chi connectivity index (χ1) is 13.5. The molecule has 0 aliphatic carbocycles. The molecule has 3 aromatic heterocycles. The van der Waals surface area contributed by atoms with Gasteiger partial charge in [-0.25, -0.2) is 4.98 Å². The van der Waals surface area contributed by atoms with Crippen LogP contribution in [0.1, 0.15) is 24.8 Å². The third-order valence-electron chi connectivity index (χ3n) is 4.26. The van der Waals surface area contributed by atoms with E-state index in [0.29, 0.717) is 17.3 Å². The van der Waals surface area contributed by atoms with Gasteiger partial charge >= 0.3 is 0 Å². The van der Waals surface area contributed by atoms with Gasteiger partial charge in [0, 0.05) is 23.9 Å². The van der Waals surface area contributed by atoms with Gasteiger partial charge in [-0.2, -0.15) is 0 Å². The Labute approximate surface area is 166 Å². The maximum absolute atomic E-state index is 6.26. The molecule has 1 aromatic carbocycles. The number of pyridine rings is 2. The third-order valence-corrected chi connectivity index (χ3v) is 5.51. The molecule has 0 radical (unpaired) electrons. The number of nitrogens with two attached hydrogens (primary N) is 1. The molecule has 0 aliphatic heterocycles. The second kappa shape index (κ2) is 7.40. The summed E-state index contributed by atoms with van der Waals surface area (Å²) in [5, 5.41) is 13.6. The first-order valence-electron chi connectivity index (χ1n) is 8.85. The summed E-state index contributed by atoms with van der Waals surface area (Å²) in [5.74, 6) is 1.49. The minimum absolute atomic E-state index is 0.317. The maximum atomic E-state index is 6.26. The highest BCUT2D eigenvalue weighted by molar-refractivity contribution is 7.14. The zero-order chi connectivity index (χ0) is 19.7. The number of benzene rings is 1. The van der Waals surface area contributed by atoms with Gasteiger partial charge < -0.3 is 15.8 Å². The van der Waals surface area contributed by atoms with Crippen molar-refractivity contribution in [1.29, 1.82) is 0 Å². The first kappa shape index (κ1) is 18.1. The lowest BCUT2D eigenvalue weighted by Gasteiger charge is -2.11. The number of hydrogen-bond acceptors (Lipinski definition) is 8. The molecule has 4 rings (SSSR count). The average molecular weight is 392 g/mol. The molecule has 0 aliphatic rings. The fourth-order valence-electron chi connectivity index (χ4n) is 2.79. The van der Waals surface area contributed by atoms with Crippen LogP contribution < -0.4 is 15.8 Å². The molecule has 0 amide bonds. The Balaban J connectivity index is 1.75. The third kappa shape index (κ3) is 3.46. The molecule has 0 bridgehead atoms. The van der Waals surface area contributed by atoms with Crippen LogP contribution in [0.15, 0.2) is 42.6 Å². The van der Waals surface area contributed by atoms with Gasteiger partial charge in [-0.05, 0) is 24.3 Å². The van der Waals surface area contributed by atoms with Crippen LogP contribution in [0.3, 0.4) is 0 Å². The molecule has 3 N–H and O–H groups in total. The van der Waals surface area contributed by atoms with E-state index in [1.807, 2.05) is 36.4 Å². The maximum Gasteiger partial charge on any atom is 0.151 e. The summed E-state index contributed by atoms with van der Waals surface area (Å²) in [6, 6.07) is 11.5. The lowest BCUT2D eigenvalue weighted by Crippen LogP contribution is -1.99. The lowest BCUT2D eigenvalue weighted by molar-refractivity contribution is 0.415. The zero-order valence-electron chi connectivity index (χ0n) is 15.8. The molecule has 0 fully saturated rings. The fraction of sp³-hybridized carbons (Fsp3) is 0.200. The molecule has 142 valence electrons. The summed E-state index contributed by atoms with van der Waals surface area (Å²) in [7, 11) is 1.64. The summed E-state index contributed by atoms with van der Waals surface area (Å²) in [6.07, 6.45) is 1.74. The Hall–Kier alpha value is -3.26. The number of nitrogen functional groups attached to an aromatic ring is 1. The summed E-state index contributed by atoms with van der Waals surface area (Å²) >= 11 is 1.53. The van der Waals surface area contributed by atoms with E-state index in [0.717, 1.165) is 38.2 Å². The second-order valence-corrected chi connectivity index (χ2v) is 7.61. The van der Waals surface area contributed by atoms with Gasteiger partial charge in [-0.1, -0.05) is 31.3 Å². The van der Waals surface area contributed by atoms with Gasteiger partial charge in [0.2, 0.25) is 0 Å². The van der Waals surface area contributed by atoms with E-state index < -0.39 is 0 Å². The summed E-state index contributed by atoms with van der Waals surface area (Å²) < 4.78 is 5.28. The van der Waals surface area contributed by atoms with E-state index in [4.69, 9.17) is 10.5 Å². The van der Waals surface area contributed by atoms with Crippen LogP contribution in [0.5, 0.6) is 5.75 Å². The van der Waals surface area contributed by atoms with Crippen LogP contribution in [0, 0.1) is 0 Å². The van der Waals surface area contributed by atoms with Crippen molar-refractivity contribution in [3.05, 3.63) is 47.6 Å². The van der Waals surface area contributed by atoms with Crippen LogP contribution in [-0.2, 0) is 0 Å². The number of ether oxygens (including phenoxy) is 1. The Morgan fingerprint density at radius 3 is 2.75 bits per heavy atom. The molecule has 0 spiro atoms. The average Bonchev–Trinajstić information content (AvgIpc) is 3.18. The molecular formula is C20H20N6OS. The van der Waals surface area contributed by atoms with Gasteiger partial charge in [-0.3, -0.25) is 4.98 Å². The number of methoxy groups -OCH3 is 1. The van der Waals surface area contributed by atoms with E-state index >= 15 is 0 Å². The van der Waals surface area contributed by atoms with Crippen molar-refractivity contribution >= 4 is 39.6 Å². The number of aromatic nitrogens is 4. The number of hydrogen-bond donors (Lipinski definition) is 2. The molecule has 7 nitrogen and oxygen atoms in total. The smallest absolute Gasteiger partial charge is 0.151 e. The number of nitrogens with zero attached hydrogens (tertiary/aromatic N) is 4. The minimum Gasteiger partial charge on any atom is -0.497 e. The minimum atomic E-state index is 0.317. The van der Waals surface area contributed by atoms with Gasteiger partial charge in [0.25, 0.3) is 0 Å². The Bertz CT molecular complexity index is 1140. The number of nitrogens with one attached hydrogen (secondary N) is 1. The SMILES string of the molecule is COc1cccc(Nc2ccnc3cc(-c4nnc(C(C)C)s4)c(N)nc23)c1. The van der Waals surface area contributed by atoms with Crippen LogP contribution in [-0.4, -0.2) is 27.3 Å². The van der Waals surface area contributed by atoms with E-state index in [9.17, 15) is 0 Å². The van der Waals surface area contributed by atoms with Crippen molar-refractivity contribution in [2.75, 3.05) is 18.2 Å². The molecule has 0 atom stereocenters. The van der Waals surface area contributed by atoms with Crippen LogP contribution in [0.4, 0.5) is 17.2 Å². The van der Waals surface area contributed by atoms with E-state index in [2.05, 4.69) is 39.3 Å². The molecular weight excluding hydrogens is 372 g/mol. The van der Waals surface area contributed by atoms with Crippen LogP contribution in [0.2, 0.25) is 0 Å². The summed E-state index contributed by atoms with van der Waals surface area (Å²) in [5.41, 5.74) is 10.2. The van der Waals surface area contributed by atoms with Gasteiger partial charge in [0.15, 0.2) is 5.01 Å². The number of anilines is 3. The van der Waals surface area contributed by atoms with Gasteiger partial charge in [0.1, 0.15) is 22.1 Å². The van der Waals surface area contributed by atoms with Gasteiger partial charge in [-0.15, -0.1) is 10.2 Å². The monoisotopic (exact) mass is 392 g/mol. The highest BCUT2D eigenvalue weighted by Crippen LogP contribution is 2.34. The number of fused-ring (bicyclic) bond motifs is 1. The topological polar surface area (TPSA) is 98.8 Å². The van der Waals surface area contributed by atoms with Crippen LogP contribution in [0.25, 0.3) is 21.6 Å². The van der Waals surface area contributed by atoms with E-state index in [1.165, 1.54) is 11.3 Å². The zero-order valence-corrected chi connectivity index (χ0v) is 16.6. The normalized spacial score (nSPS) is 11.1. The van der Waals surface area contributed by atoms with E-state index in [-0.39, 0.29) is 0 Å². The van der Waals surface area contributed by atoms with Crippen molar-refractivity contribution in [3.8, 4) is 16.3 Å². The molecule has 0 saturated carbocycles. The van der Waals surface area contributed by atoms with Gasteiger partial charge in [0.05, 0.1) is 23.9 Å². The standard InChI is InChI=1S/C20H20N6OS/c1-11(2)19-25-26-20(28-19)14-10-16-17(24-18(14)21)15(7-8-22-16)23-12-5-4-6-13(9-12)27-3/h4-11H,1-3H3,(H2,21,24)(H,22,23). The molecule has 0 saturated heterocycles. The Morgan fingerprint density at radius 1 is 1.14 bits per heavy atom. The molecule has 4 aromatic rings. The quantitative estimate of drug-likeness (QED) is 0.512. The molecule has 0 unspecified atom stereocenters. The first-order valence-corrected chi connectivity index (χ1v) is 9.67. The molecule has 3 heterocycles. The Morgan fingerprint density at radius 2 is 2.00 bits per heavy atom. The summed E-state index contributed by atoms with van der Waals surface area (Å²) in [4.78, 5) is 9.07. The summed E-state index contributed by atoms with van der Waals surface area (Å²) in [6.45, 7) is 4.18. The van der Waals surface area contributed by atoms with Crippen molar-refractivity contribution in [2.45, 2.75) is 19.8 Å². The lowest BCUT2D eigenvalue weighted by atomic mass is 10.2. The molecule has 8 heteroatoms.